The molecule has 0 fully saturated rings. The zero-order valence-corrected chi connectivity index (χ0v) is 20.0. The molecule has 0 bridgehead atoms. The molecule has 3 rings (SSSR count). The minimum Gasteiger partial charge on any atom is -0.271 e. The number of hydrazone groups is 1. The second-order valence-corrected chi connectivity index (χ2v) is 9.95. The predicted octanol–water partition coefficient (Wildman–Crippen LogP) is 4.77. The van der Waals surface area contributed by atoms with Crippen LogP contribution >= 0.6 is 15.9 Å². The van der Waals surface area contributed by atoms with Gasteiger partial charge in [0.25, 0.3) is 15.9 Å². The molecule has 3 aromatic rings. The van der Waals surface area contributed by atoms with Gasteiger partial charge in [0.1, 0.15) is 6.54 Å². The van der Waals surface area contributed by atoms with Crippen molar-refractivity contribution in [1.29, 1.82) is 0 Å². The molecule has 0 aliphatic carbocycles. The number of sulfonamides is 1. The number of nitrogens with zero attached hydrogens (tertiary/aromatic N) is 2. The maximum absolute atomic E-state index is 13.3. The largest absolute Gasteiger partial charge is 0.271 e. The molecule has 166 valence electrons. The molecule has 0 heterocycles. The van der Waals surface area contributed by atoms with Crippen LogP contribution in [0, 0.1) is 0 Å². The lowest BCUT2D eigenvalue weighted by molar-refractivity contribution is -0.119. The van der Waals surface area contributed by atoms with Gasteiger partial charge in [-0.15, -0.1) is 0 Å². The number of nitrogens with one attached hydrogen (secondary N) is 1. The van der Waals surface area contributed by atoms with Crippen molar-refractivity contribution < 1.29 is 13.2 Å². The number of hydrogen-bond donors (Lipinski definition) is 1. The summed E-state index contributed by atoms with van der Waals surface area (Å²) in [6.45, 7) is 1.43. The maximum atomic E-state index is 13.3. The third-order valence-electron chi connectivity index (χ3n) is 4.70. The topological polar surface area (TPSA) is 78.8 Å². The Balaban J connectivity index is 1.74. The van der Waals surface area contributed by atoms with Gasteiger partial charge < -0.3 is 0 Å². The summed E-state index contributed by atoms with van der Waals surface area (Å²) in [7, 11) is -3.95. The highest BCUT2D eigenvalue weighted by Crippen LogP contribution is 2.26. The van der Waals surface area contributed by atoms with Crippen molar-refractivity contribution in [2.75, 3.05) is 10.8 Å². The average Bonchev–Trinajstić information content (AvgIpc) is 2.81. The Morgan fingerprint density at radius 2 is 1.62 bits per heavy atom. The second kappa shape index (κ2) is 11.1. The Hall–Kier alpha value is -2.97. The molecule has 32 heavy (non-hydrogen) atoms. The van der Waals surface area contributed by atoms with Crippen LogP contribution in [-0.2, 0) is 21.2 Å². The molecule has 0 saturated heterocycles. The van der Waals surface area contributed by atoms with Crippen molar-refractivity contribution in [2.45, 2.75) is 24.7 Å². The first kappa shape index (κ1) is 23.7. The van der Waals surface area contributed by atoms with E-state index in [1.807, 2.05) is 37.3 Å². The number of anilines is 1. The van der Waals surface area contributed by atoms with Crippen LogP contribution in [0.4, 0.5) is 5.69 Å². The highest BCUT2D eigenvalue weighted by molar-refractivity contribution is 9.10. The van der Waals surface area contributed by atoms with Crippen LogP contribution in [-0.4, -0.2) is 26.6 Å². The van der Waals surface area contributed by atoms with E-state index < -0.39 is 22.5 Å². The Morgan fingerprint density at radius 3 is 2.28 bits per heavy atom. The van der Waals surface area contributed by atoms with E-state index in [9.17, 15) is 13.2 Å². The Kier molecular flexibility index (Phi) is 8.19. The zero-order chi connectivity index (χ0) is 23.0. The van der Waals surface area contributed by atoms with Crippen molar-refractivity contribution in [3.8, 4) is 0 Å². The minimum absolute atomic E-state index is 0.107. The third kappa shape index (κ3) is 6.51. The van der Waals surface area contributed by atoms with E-state index in [1.54, 1.807) is 42.5 Å². The molecule has 8 heteroatoms. The molecule has 3 aromatic carbocycles. The van der Waals surface area contributed by atoms with Crippen molar-refractivity contribution in [3.05, 3.63) is 95.0 Å². The quantitative estimate of drug-likeness (QED) is 0.330. The Labute approximate surface area is 197 Å². The summed E-state index contributed by atoms with van der Waals surface area (Å²) in [6, 6.07) is 24.8. The van der Waals surface area contributed by atoms with Crippen LogP contribution in [0.1, 0.15) is 18.9 Å². The maximum Gasteiger partial charge on any atom is 0.264 e. The van der Waals surface area contributed by atoms with Crippen LogP contribution in [0.3, 0.4) is 0 Å². The highest BCUT2D eigenvalue weighted by Gasteiger charge is 2.27. The minimum atomic E-state index is -3.95. The number of aryl methyl sites for hydroxylation is 1. The first-order valence-electron chi connectivity index (χ1n) is 10.1. The number of rotatable bonds is 9. The van der Waals surface area contributed by atoms with E-state index in [4.69, 9.17) is 0 Å². The van der Waals surface area contributed by atoms with Crippen LogP contribution in [0.15, 0.2) is 99.4 Å². The predicted molar refractivity (Wildman–Crippen MR) is 131 cm³/mol. The summed E-state index contributed by atoms with van der Waals surface area (Å²) in [6.07, 6.45) is 1.49. The van der Waals surface area contributed by atoms with Gasteiger partial charge in [-0.2, -0.15) is 5.10 Å². The molecule has 0 atom stereocenters. The van der Waals surface area contributed by atoms with E-state index in [-0.39, 0.29) is 4.90 Å². The first-order valence-corrected chi connectivity index (χ1v) is 12.3. The molecule has 0 spiro atoms. The molecular formula is C24H24BrN3O3S. The van der Waals surface area contributed by atoms with Gasteiger partial charge in [-0.1, -0.05) is 70.5 Å². The number of halogens is 1. The van der Waals surface area contributed by atoms with Crippen LogP contribution in [0.2, 0.25) is 0 Å². The molecule has 1 N–H and O–H groups in total. The number of carbonyl (C=O) groups is 1. The summed E-state index contributed by atoms with van der Waals surface area (Å²) in [4.78, 5) is 12.7. The summed E-state index contributed by atoms with van der Waals surface area (Å²) in [5.74, 6) is -0.524. The molecule has 0 aliphatic rings. The van der Waals surface area contributed by atoms with Gasteiger partial charge >= 0.3 is 0 Å². The van der Waals surface area contributed by atoms with Gasteiger partial charge in [-0.25, -0.2) is 13.8 Å². The van der Waals surface area contributed by atoms with Crippen molar-refractivity contribution in [2.24, 2.45) is 5.10 Å². The van der Waals surface area contributed by atoms with Crippen molar-refractivity contribution in [3.63, 3.8) is 0 Å². The average molecular weight is 514 g/mol. The molecule has 1 amide bonds. The number of carbonyl (C=O) groups excluding carboxylic acids is 1. The standard InChI is InChI=1S/C24H24BrN3O3S/c1-19(15-16-20-9-4-2-5-10-20)26-27-24(29)18-28(22-12-8-11-21(25)17-22)32(30,31)23-13-6-3-7-14-23/h2-14,17H,15-16,18H2,1H3,(H,27,29)/b26-19-. The lowest BCUT2D eigenvalue weighted by Crippen LogP contribution is -2.39. The molecule has 6 nitrogen and oxygen atoms in total. The fraction of sp³-hybridized carbons (Fsp3) is 0.167. The first-order chi connectivity index (χ1) is 15.4. The van der Waals surface area contributed by atoms with Gasteiger partial charge in [-0.05, 0) is 55.7 Å². The fourth-order valence-electron chi connectivity index (χ4n) is 3.02. The zero-order valence-electron chi connectivity index (χ0n) is 17.6. The van der Waals surface area contributed by atoms with Gasteiger partial charge in [0, 0.05) is 10.2 Å². The fourth-order valence-corrected chi connectivity index (χ4v) is 4.84. The Bertz CT molecular complexity index is 1180. The number of hydrogen-bond acceptors (Lipinski definition) is 4. The van der Waals surface area contributed by atoms with E-state index >= 15 is 0 Å². The summed E-state index contributed by atoms with van der Waals surface area (Å²) < 4.78 is 28.3. The van der Waals surface area contributed by atoms with E-state index in [0.29, 0.717) is 16.6 Å². The molecule has 0 aromatic heterocycles. The number of amides is 1. The van der Waals surface area contributed by atoms with E-state index in [0.717, 1.165) is 16.4 Å². The molecule has 0 saturated carbocycles. The van der Waals surface area contributed by atoms with Gasteiger partial charge in [0.05, 0.1) is 10.6 Å². The lowest BCUT2D eigenvalue weighted by Gasteiger charge is -2.24. The number of benzene rings is 3. The Morgan fingerprint density at radius 1 is 0.969 bits per heavy atom. The van der Waals surface area contributed by atoms with Gasteiger partial charge in [0.2, 0.25) is 0 Å². The normalized spacial score (nSPS) is 11.8. The SMILES string of the molecule is C/C(CCc1ccccc1)=N/NC(=O)CN(c1cccc(Br)c1)S(=O)(=O)c1ccccc1. The van der Waals surface area contributed by atoms with Gasteiger partial charge in [-0.3, -0.25) is 9.10 Å². The van der Waals surface area contributed by atoms with Crippen molar-refractivity contribution >= 4 is 43.3 Å². The third-order valence-corrected chi connectivity index (χ3v) is 6.99. The summed E-state index contributed by atoms with van der Waals surface area (Å²) in [5.41, 5.74) is 4.80. The van der Waals surface area contributed by atoms with E-state index in [2.05, 4.69) is 26.5 Å². The molecule has 0 radical (unpaired) electrons. The van der Waals surface area contributed by atoms with Crippen LogP contribution in [0.25, 0.3) is 0 Å². The second-order valence-electron chi connectivity index (χ2n) is 7.17. The molecule has 0 aliphatic heterocycles. The van der Waals surface area contributed by atoms with Crippen LogP contribution < -0.4 is 9.73 Å². The molecular weight excluding hydrogens is 490 g/mol. The van der Waals surface area contributed by atoms with Crippen molar-refractivity contribution in [1.82, 2.24) is 5.43 Å². The smallest absolute Gasteiger partial charge is 0.264 e. The summed E-state index contributed by atoms with van der Waals surface area (Å²) in [5, 5.41) is 4.14. The van der Waals surface area contributed by atoms with E-state index in [1.165, 1.54) is 17.7 Å². The summed E-state index contributed by atoms with van der Waals surface area (Å²) >= 11 is 3.36. The van der Waals surface area contributed by atoms with Gasteiger partial charge in [0.15, 0.2) is 0 Å². The lowest BCUT2D eigenvalue weighted by atomic mass is 10.1. The molecule has 0 unspecified atom stereocenters. The highest BCUT2D eigenvalue weighted by atomic mass is 79.9. The monoisotopic (exact) mass is 513 g/mol. The van der Waals surface area contributed by atoms with Crippen LogP contribution in [0.5, 0.6) is 0 Å².